The maximum atomic E-state index is 5.55. The van der Waals surface area contributed by atoms with E-state index in [0.717, 1.165) is 40.5 Å². The quantitative estimate of drug-likeness (QED) is 0.677. The van der Waals surface area contributed by atoms with Crippen molar-refractivity contribution in [3.63, 3.8) is 0 Å². The van der Waals surface area contributed by atoms with Gasteiger partial charge in [0.25, 0.3) is 0 Å². The molecule has 6 nitrogen and oxygen atoms in total. The van der Waals surface area contributed by atoms with Gasteiger partial charge in [-0.1, -0.05) is 6.07 Å². The Morgan fingerprint density at radius 2 is 1.77 bits per heavy atom. The molecule has 1 aliphatic rings. The molecule has 0 aliphatic heterocycles. The molecule has 0 atom stereocenters. The molecule has 1 fully saturated rings. The summed E-state index contributed by atoms with van der Waals surface area (Å²) in [7, 11) is 6.94. The average Bonchev–Trinajstić information content (AvgIpc) is 3.44. The van der Waals surface area contributed by atoms with Gasteiger partial charge in [-0.3, -0.25) is 0 Å². The summed E-state index contributed by atoms with van der Waals surface area (Å²) in [6.45, 7) is 0. The minimum atomic E-state index is 0.556. The van der Waals surface area contributed by atoms with Gasteiger partial charge in [0.05, 0.1) is 26.8 Å². The van der Waals surface area contributed by atoms with Crippen molar-refractivity contribution < 1.29 is 14.2 Å². The van der Waals surface area contributed by atoms with Crippen molar-refractivity contribution in [2.75, 3.05) is 21.3 Å². The van der Waals surface area contributed by atoms with E-state index in [2.05, 4.69) is 22.7 Å². The molecule has 6 heteroatoms. The second-order valence-corrected chi connectivity index (χ2v) is 6.69. The second-order valence-electron chi connectivity index (χ2n) is 6.69. The number of aryl methyl sites for hydroxylation is 1. The largest absolute Gasteiger partial charge is 0.493 e. The van der Waals surface area contributed by atoms with Gasteiger partial charge in [0.2, 0.25) is 5.88 Å². The van der Waals surface area contributed by atoms with Gasteiger partial charge in [0.15, 0.2) is 17.1 Å². The number of rotatable bonds is 6. The fourth-order valence-electron chi connectivity index (χ4n) is 3.27. The van der Waals surface area contributed by atoms with E-state index < -0.39 is 0 Å². The summed E-state index contributed by atoms with van der Waals surface area (Å²) in [5, 5.41) is 0. The van der Waals surface area contributed by atoms with Crippen molar-refractivity contribution in [2.45, 2.75) is 19.3 Å². The van der Waals surface area contributed by atoms with Crippen LogP contribution >= 0.6 is 0 Å². The Labute approximate surface area is 152 Å². The van der Waals surface area contributed by atoms with Gasteiger partial charge in [-0.05, 0) is 42.5 Å². The average molecular weight is 353 g/mol. The fraction of sp³-hybridized carbons (Fsp3) is 0.400. The Morgan fingerprint density at radius 1 is 1.00 bits per heavy atom. The topological polar surface area (TPSA) is 58.4 Å². The molecular formula is C20H23N3O3. The summed E-state index contributed by atoms with van der Waals surface area (Å²) in [6.07, 6.45) is 3.62. The smallest absolute Gasteiger partial charge is 0.223 e. The summed E-state index contributed by atoms with van der Waals surface area (Å²) in [5.41, 5.74) is 3.59. The highest BCUT2D eigenvalue weighted by molar-refractivity contribution is 5.83. The third kappa shape index (κ3) is 2.85. The van der Waals surface area contributed by atoms with E-state index in [-0.39, 0.29) is 0 Å². The van der Waals surface area contributed by atoms with Crippen molar-refractivity contribution in [3.05, 3.63) is 30.1 Å². The zero-order valence-electron chi connectivity index (χ0n) is 15.6. The molecule has 136 valence electrons. The van der Waals surface area contributed by atoms with Crippen LogP contribution in [0.1, 0.15) is 18.7 Å². The van der Waals surface area contributed by atoms with Gasteiger partial charge < -0.3 is 18.8 Å². The van der Waals surface area contributed by atoms with Gasteiger partial charge in [-0.15, -0.1) is 0 Å². The van der Waals surface area contributed by atoms with Crippen molar-refractivity contribution in [1.29, 1.82) is 0 Å². The third-order valence-corrected chi connectivity index (χ3v) is 4.99. The maximum absolute atomic E-state index is 5.55. The molecular weight excluding hydrogens is 330 g/mol. The number of methoxy groups -OCH3 is 3. The van der Waals surface area contributed by atoms with E-state index in [1.807, 2.05) is 18.2 Å². The van der Waals surface area contributed by atoms with Crippen LogP contribution in [0, 0.1) is 5.92 Å². The lowest BCUT2D eigenvalue weighted by Gasteiger charge is -2.12. The van der Waals surface area contributed by atoms with E-state index in [0.29, 0.717) is 17.4 Å². The lowest BCUT2D eigenvalue weighted by Crippen LogP contribution is -1.99. The van der Waals surface area contributed by atoms with Crippen LogP contribution in [-0.4, -0.2) is 35.9 Å². The SMILES string of the molecule is COc1ccc(-c2cc3c(nc2OC)nc(CC2CC2)n3C)cc1OC. The Bertz CT molecular complexity index is 961. The van der Waals surface area contributed by atoms with Gasteiger partial charge in [0, 0.05) is 19.0 Å². The zero-order valence-corrected chi connectivity index (χ0v) is 15.6. The van der Waals surface area contributed by atoms with Crippen LogP contribution in [-0.2, 0) is 13.5 Å². The molecule has 0 radical (unpaired) electrons. The van der Waals surface area contributed by atoms with E-state index >= 15 is 0 Å². The van der Waals surface area contributed by atoms with E-state index in [1.54, 1.807) is 21.3 Å². The molecule has 1 aromatic carbocycles. The molecule has 0 unspecified atom stereocenters. The Kier molecular flexibility index (Phi) is 4.18. The minimum absolute atomic E-state index is 0.556. The molecule has 0 bridgehead atoms. The maximum Gasteiger partial charge on any atom is 0.223 e. The lowest BCUT2D eigenvalue weighted by atomic mass is 10.1. The van der Waals surface area contributed by atoms with Crippen molar-refractivity contribution >= 4 is 11.2 Å². The zero-order chi connectivity index (χ0) is 18.3. The van der Waals surface area contributed by atoms with Gasteiger partial charge in [0.1, 0.15) is 5.82 Å². The standard InChI is InChI=1S/C20H23N3O3/c1-23-15-11-14(13-7-8-16(24-2)17(10-13)25-3)20(26-4)22-19(15)21-18(23)9-12-5-6-12/h7-8,10-12H,5-6,9H2,1-4H3. The van der Waals surface area contributed by atoms with Gasteiger partial charge in [-0.25, -0.2) is 4.98 Å². The molecule has 2 heterocycles. The number of pyridine rings is 1. The summed E-state index contributed by atoms with van der Waals surface area (Å²) in [6, 6.07) is 7.89. The minimum Gasteiger partial charge on any atom is -0.493 e. The number of imidazole rings is 1. The summed E-state index contributed by atoms with van der Waals surface area (Å²) >= 11 is 0. The predicted molar refractivity (Wildman–Crippen MR) is 100 cm³/mol. The van der Waals surface area contributed by atoms with Crippen LogP contribution in [0.4, 0.5) is 0 Å². The lowest BCUT2D eigenvalue weighted by molar-refractivity contribution is 0.355. The third-order valence-electron chi connectivity index (χ3n) is 4.99. The number of aromatic nitrogens is 3. The van der Waals surface area contributed by atoms with Crippen molar-refractivity contribution in [3.8, 4) is 28.5 Å². The van der Waals surface area contributed by atoms with Crippen molar-refractivity contribution in [2.24, 2.45) is 13.0 Å². The van der Waals surface area contributed by atoms with Crippen LogP contribution in [0.3, 0.4) is 0 Å². The number of hydrogen-bond donors (Lipinski definition) is 0. The Hall–Kier alpha value is -2.76. The van der Waals surface area contributed by atoms with Gasteiger partial charge in [-0.2, -0.15) is 4.98 Å². The van der Waals surface area contributed by atoms with Crippen molar-refractivity contribution in [1.82, 2.24) is 14.5 Å². The van der Waals surface area contributed by atoms with Crippen LogP contribution < -0.4 is 14.2 Å². The second kappa shape index (κ2) is 6.52. The van der Waals surface area contributed by atoms with E-state index in [1.165, 1.54) is 12.8 Å². The number of benzene rings is 1. The Balaban J connectivity index is 1.84. The molecule has 4 rings (SSSR count). The summed E-state index contributed by atoms with van der Waals surface area (Å²) in [5.74, 6) is 3.78. The first-order chi connectivity index (χ1) is 12.6. The van der Waals surface area contributed by atoms with Crippen LogP contribution in [0.15, 0.2) is 24.3 Å². The number of ether oxygens (including phenoxy) is 3. The molecule has 0 spiro atoms. The molecule has 0 amide bonds. The van der Waals surface area contributed by atoms with E-state index in [4.69, 9.17) is 19.2 Å². The predicted octanol–water partition coefficient (Wildman–Crippen LogP) is 3.61. The molecule has 1 aliphatic carbocycles. The van der Waals surface area contributed by atoms with Crippen LogP contribution in [0.2, 0.25) is 0 Å². The first kappa shape index (κ1) is 16.7. The molecule has 1 saturated carbocycles. The van der Waals surface area contributed by atoms with Crippen LogP contribution in [0.25, 0.3) is 22.3 Å². The summed E-state index contributed by atoms with van der Waals surface area (Å²) < 4.78 is 18.5. The monoisotopic (exact) mass is 353 g/mol. The number of hydrogen-bond acceptors (Lipinski definition) is 5. The highest BCUT2D eigenvalue weighted by Crippen LogP contribution is 2.38. The molecule has 26 heavy (non-hydrogen) atoms. The molecule has 0 N–H and O–H groups in total. The molecule has 2 aromatic heterocycles. The fourth-order valence-corrected chi connectivity index (χ4v) is 3.27. The van der Waals surface area contributed by atoms with Gasteiger partial charge >= 0.3 is 0 Å². The highest BCUT2D eigenvalue weighted by atomic mass is 16.5. The molecule has 0 saturated heterocycles. The molecule has 3 aromatic rings. The normalized spacial score (nSPS) is 13.8. The number of fused-ring (bicyclic) bond motifs is 1. The highest BCUT2D eigenvalue weighted by Gasteiger charge is 2.25. The summed E-state index contributed by atoms with van der Waals surface area (Å²) in [4.78, 5) is 9.38. The first-order valence-electron chi connectivity index (χ1n) is 8.77. The first-order valence-corrected chi connectivity index (χ1v) is 8.77. The van der Waals surface area contributed by atoms with Crippen LogP contribution in [0.5, 0.6) is 17.4 Å². The Morgan fingerprint density at radius 3 is 2.42 bits per heavy atom. The number of nitrogens with zero attached hydrogens (tertiary/aromatic N) is 3. The van der Waals surface area contributed by atoms with E-state index in [9.17, 15) is 0 Å².